The summed E-state index contributed by atoms with van der Waals surface area (Å²) in [5.74, 6) is 3.75. The molecule has 0 radical (unpaired) electrons. The molecule has 22 heavy (non-hydrogen) atoms. The molecule has 1 heterocycles. The van der Waals surface area contributed by atoms with Crippen molar-refractivity contribution in [3.63, 3.8) is 0 Å². The molecule has 2 rings (SSSR count). The summed E-state index contributed by atoms with van der Waals surface area (Å²) in [6.07, 6.45) is 9.56. The summed E-state index contributed by atoms with van der Waals surface area (Å²) in [6.45, 7) is 10.0. The van der Waals surface area contributed by atoms with Gasteiger partial charge in [-0.05, 0) is 30.4 Å². The minimum absolute atomic E-state index is 0.0703. The second-order valence-corrected chi connectivity index (χ2v) is 6.30. The van der Waals surface area contributed by atoms with Crippen molar-refractivity contribution < 1.29 is 13.9 Å². The summed E-state index contributed by atoms with van der Waals surface area (Å²) < 4.78 is 10.9. The highest BCUT2D eigenvalue weighted by Gasteiger charge is 2.61. The maximum absolute atomic E-state index is 12.3. The molecule has 1 fully saturated rings. The van der Waals surface area contributed by atoms with Crippen molar-refractivity contribution in [1.82, 2.24) is 0 Å². The van der Waals surface area contributed by atoms with E-state index in [9.17, 15) is 4.79 Å². The summed E-state index contributed by atoms with van der Waals surface area (Å²) >= 11 is 0. The van der Waals surface area contributed by atoms with Crippen LogP contribution in [0.3, 0.4) is 0 Å². The summed E-state index contributed by atoms with van der Waals surface area (Å²) in [6, 6.07) is 3.60. The molecule has 3 nitrogen and oxygen atoms in total. The largest absolute Gasteiger partial charge is 0.461 e. The molecular formula is C19H22O3. The second kappa shape index (κ2) is 6.27. The first kappa shape index (κ1) is 16.2. The Morgan fingerprint density at radius 3 is 2.82 bits per heavy atom. The van der Waals surface area contributed by atoms with Crippen LogP contribution in [0.15, 0.2) is 40.9 Å². The van der Waals surface area contributed by atoms with Crippen LogP contribution in [-0.4, -0.2) is 5.97 Å². The van der Waals surface area contributed by atoms with Crippen LogP contribution < -0.4 is 0 Å². The average molecular weight is 298 g/mol. The predicted octanol–water partition coefficient (Wildman–Crippen LogP) is 3.90. The number of terminal acetylenes is 1. The predicted molar refractivity (Wildman–Crippen MR) is 85.8 cm³/mol. The van der Waals surface area contributed by atoms with Crippen LogP contribution >= 0.6 is 0 Å². The van der Waals surface area contributed by atoms with Gasteiger partial charge in [0.2, 0.25) is 0 Å². The quantitative estimate of drug-likeness (QED) is 0.454. The number of carbonyl (C=O) groups is 1. The normalized spacial score (nSPS) is 22.7. The molecule has 0 bridgehead atoms. The Bertz CT molecular complexity index is 640. The smallest absolute Gasteiger partial charge is 0.310 e. The fourth-order valence-electron chi connectivity index (χ4n) is 2.72. The second-order valence-electron chi connectivity index (χ2n) is 6.30. The number of carbonyl (C=O) groups excluding carboxylic acids is 1. The summed E-state index contributed by atoms with van der Waals surface area (Å²) in [5.41, 5.74) is 1.01. The number of esters is 1. The van der Waals surface area contributed by atoms with E-state index in [4.69, 9.17) is 15.6 Å². The van der Waals surface area contributed by atoms with Crippen LogP contribution in [0.1, 0.15) is 32.3 Å². The third-order valence-corrected chi connectivity index (χ3v) is 4.28. The molecule has 1 aliphatic rings. The number of rotatable bonds is 6. The highest BCUT2D eigenvalue weighted by molar-refractivity contribution is 5.78. The zero-order valence-electron chi connectivity index (χ0n) is 13.4. The molecule has 0 amide bonds. The molecule has 1 aromatic heterocycles. The van der Waals surface area contributed by atoms with Gasteiger partial charge in [-0.15, -0.1) is 6.42 Å². The monoisotopic (exact) mass is 298 g/mol. The Labute approximate surface area is 132 Å². The number of hydrogen-bond acceptors (Lipinski definition) is 3. The van der Waals surface area contributed by atoms with E-state index in [-0.39, 0.29) is 29.8 Å². The Hall–Kier alpha value is -2.21. The molecule has 1 saturated carbocycles. The van der Waals surface area contributed by atoms with Gasteiger partial charge in [-0.1, -0.05) is 44.1 Å². The third-order valence-electron chi connectivity index (χ3n) is 4.28. The van der Waals surface area contributed by atoms with Crippen LogP contribution in [0.5, 0.6) is 0 Å². The first-order valence-electron chi connectivity index (χ1n) is 7.38. The molecule has 0 spiro atoms. The van der Waals surface area contributed by atoms with E-state index >= 15 is 0 Å². The van der Waals surface area contributed by atoms with Gasteiger partial charge in [-0.2, -0.15) is 0 Å². The van der Waals surface area contributed by atoms with Gasteiger partial charge in [0.15, 0.2) is 0 Å². The van der Waals surface area contributed by atoms with Crippen molar-refractivity contribution in [3.05, 3.63) is 48.0 Å². The number of hydrogen-bond donors (Lipinski definition) is 0. The average Bonchev–Trinajstić information content (AvgIpc) is 2.83. The van der Waals surface area contributed by atoms with Crippen LogP contribution in [0.25, 0.3) is 0 Å². The van der Waals surface area contributed by atoms with E-state index in [1.807, 2.05) is 13.0 Å². The molecule has 0 aromatic carbocycles. The molecule has 1 aliphatic carbocycles. The molecular weight excluding hydrogens is 276 g/mol. The molecule has 0 aliphatic heterocycles. The maximum atomic E-state index is 12.3. The van der Waals surface area contributed by atoms with Gasteiger partial charge in [0.05, 0.1) is 12.3 Å². The zero-order chi connectivity index (χ0) is 16.3. The lowest BCUT2D eigenvalue weighted by Crippen LogP contribution is -2.10. The van der Waals surface area contributed by atoms with Gasteiger partial charge in [0.25, 0.3) is 0 Å². The van der Waals surface area contributed by atoms with Gasteiger partial charge in [0.1, 0.15) is 18.1 Å². The Morgan fingerprint density at radius 2 is 2.18 bits per heavy atom. The molecule has 2 unspecified atom stereocenters. The maximum Gasteiger partial charge on any atom is 0.310 e. The topological polar surface area (TPSA) is 39.4 Å². The fourth-order valence-corrected chi connectivity index (χ4v) is 2.72. The summed E-state index contributed by atoms with van der Waals surface area (Å²) in [7, 11) is 0. The lowest BCUT2D eigenvalue weighted by molar-refractivity contribution is -0.148. The molecule has 0 saturated heterocycles. The van der Waals surface area contributed by atoms with Crippen molar-refractivity contribution in [2.24, 2.45) is 17.3 Å². The van der Waals surface area contributed by atoms with Crippen LogP contribution in [-0.2, 0) is 22.6 Å². The third kappa shape index (κ3) is 3.33. The summed E-state index contributed by atoms with van der Waals surface area (Å²) in [4.78, 5) is 12.3. The minimum Gasteiger partial charge on any atom is -0.461 e. The standard InChI is InChI=1S/C19H22O3/c1-6-8-14-9-10-15(22-14)12-21-18(20)17-16(19(17,4)5)11-13(3)7-2/h1,7,9-11,16-17H,2,8,12H2,3-5H3. The van der Waals surface area contributed by atoms with Crippen molar-refractivity contribution >= 4 is 5.97 Å². The first-order chi connectivity index (χ1) is 10.4. The number of allylic oxidation sites excluding steroid dienone is 3. The Kier molecular flexibility index (Phi) is 4.61. The van der Waals surface area contributed by atoms with E-state index in [0.29, 0.717) is 17.9 Å². The molecule has 116 valence electrons. The highest BCUT2D eigenvalue weighted by atomic mass is 16.5. The molecule has 3 heteroatoms. The molecule has 1 aromatic rings. The van der Waals surface area contributed by atoms with Gasteiger partial charge < -0.3 is 9.15 Å². The highest BCUT2D eigenvalue weighted by Crippen LogP contribution is 2.59. The Balaban J connectivity index is 1.92. The van der Waals surface area contributed by atoms with Crippen LogP contribution in [0.4, 0.5) is 0 Å². The van der Waals surface area contributed by atoms with E-state index < -0.39 is 0 Å². The van der Waals surface area contributed by atoms with Gasteiger partial charge in [0, 0.05) is 0 Å². The molecule has 0 N–H and O–H groups in total. The van der Waals surface area contributed by atoms with Crippen molar-refractivity contribution in [1.29, 1.82) is 0 Å². The van der Waals surface area contributed by atoms with Gasteiger partial charge in [-0.3, -0.25) is 4.79 Å². The van der Waals surface area contributed by atoms with E-state index in [1.165, 1.54) is 0 Å². The lowest BCUT2D eigenvalue weighted by atomic mass is 10.1. The van der Waals surface area contributed by atoms with E-state index in [0.717, 1.165) is 5.57 Å². The van der Waals surface area contributed by atoms with Crippen molar-refractivity contribution in [2.45, 2.75) is 33.8 Å². The lowest BCUT2D eigenvalue weighted by Gasteiger charge is -2.03. The summed E-state index contributed by atoms with van der Waals surface area (Å²) in [5, 5.41) is 0. The van der Waals surface area contributed by atoms with Gasteiger partial charge >= 0.3 is 5.97 Å². The van der Waals surface area contributed by atoms with Crippen LogP contribution in [0.2, 0.25) is 0 Å². The zero-order valence-corrected chi connectivity index (χ0v) is 13.4. The molecule has 2 atom stereocenters. The van der Waals surface area contributed by atoms with Crippen molar-refractivity contribution in [3.8, 4) is 12.3 Å². The van der Waals surface area contributed by atoms with Gasteiger partial charge in [-0.25, -0.2) is 0 Å². The number of ether oxygens (including phenoxy) is 1. The van der Waals surface area contributed by atoms with Crippen LogP contribution in [0, 0.1) is 29.6 Å². The van der Waals surface area contributed by atoms with E-state index in [2.05, 4.69) is 32.4 Å². The minimum atomic E-state index is -0.182. The first-order valence-corrected chi connectivity index (χ1v) is 7.38. The van der Waals surface area contributed by atoms with Crippen molar-refractivity contribution in [2.75, 3.05) is 0 Å². The Morgan fingerprint density at radius 1 is 1.50 bits per heavy atom. The fraction of sp³-hybridized carbons (Fsp3) is 0.421. The number of furan rings is 1. The van der Waals surface area contributed by atoms with E-state index in [1.54, 1.807) is 12.1 Å². The SMILES string of the molecule is C#CCc1ccc(COC(=O)C2C(C=C(C)C=C)C2(C)C)o1.